The van der Waals surface area contributed by atoms with Gasteiger partial charge in [0.2, 0.25) is 0 Å². The molecule has 2 rings (SSSR count). The summed E-state index contributed by atoms with van der Waals surface area (Å²) in [6.45, 7) is 4.16. The lowest BCUT2D eigenvalue weighted by Gasteiger charge is -2.13. The zero-order valence-electron chi connectivity index (χ0n) is 11.3. The average molecular weight is 340 g/mol. The first-order valence-electron chi connectivity index (χ1n) is 6.01. The van der Waals surface area contributed by atoms with Crippen molar-refractivity contribution in [2.75, 3.05) is 7.11 Å². The second-order valence-electron chi connectivity index (χ2n) is 4.61. The molecular weight excluding hydrogens is 326 g/mol. The molecule has 2 aromatic rings. The Balaban J connectivity index is 2.55. The summed E-state index contributed by atoms with van der Waals surface area (Å²) in [5.41, 5.74) is 1.62. The third-order valence-corrected chi connectivity index (χ3v) is 3.62. The fourth-order valence-corrected chi connectivity index (χ4v) is 2.68. The molecule has 20 heavy (non-hydrogen) atoms. The minimum atomic E-state index is -1.13. The molecule has 0 radical (unpaired) electrons. The van der Waals surface area contributed by atoms with E-state index in [1.54, 1.807) is 7.11 Å². The van der Waals surface area contributed by atoms with E-state index in [9.17, 15) is 4.79 Å². The predicted molar refractivity (Wildman–Crippen MR) is 77.2 cm³/mol. The van der Waals surface area contributed by atoms with Crippen molar-refractivity contribution in [3.63, 3.8) is 0 Å². The highest BCUT2D eigenvalue weighted by atomic mass is 79.9. The lowest BCUT2D eigenvalue weighted by atomic mass is 10.00. The van der Waals surface area contributed by atoms with Crippen molar-refractivity contribution in [2.45, 2.75) is 19.8 Å². The van der Waals surface area contributed by atoms with Crippen molar-refractivity contribution in [1.82, 2.24) is 5.16 Å². The Morgan fingerprint density at radius 3 is 2.60 bits per heavy atom. The van der Waals surface area contributed by atoms with Gasteiger partial charge in [-0.05, 0) is 23.6 Å². The summed E-state index contributed by atoms with van der Waals surface area (Å²) < 4.78 is 11.4. The lowest BCUT2D eigenvalue weighted by molar-refractivity contribution is 0.0686. The molecule has 0 spiro atoms. The van der Waals surface area contributed by atoms with Crippen LogP contribution in [0.3, 0.4) is 0 Å². The molecule has 1 N–H and O–H groups in total. The van der Waals surface area contributed by atoms with Crippen LogP contribution in [0.2, 0.25) is 0 Å². The van der Waals surface area contributed by atoms with Crippen molar-refractivity contribution in [3.8, 4) is 17.1 Å². The Hall–Kier alpha value is -1.82. The van der Waals surface area contributed by atoms with Crippen LogP contribution in [0, 0.1) is 0 Å². The highest BCUT2D eigenvalue weighted by Gasteiger charge is 2.18. The Bertz CT molecular complexity index is 649. The molecule has 1 aromatic heterocycles. The first-order valence-corrected chi connectivity index (χ1v) is 6.81. The molecule has 0 unspecified atom stereocenters. The van der Waals surface area contributed by atoms with Gasteiger partial charge in [-0.25, -0.2) is 4.79 Å². The smallest absolute Gasteiger partial charge is 0.358 e. The maximum Gasteiger partial charge on any atom is 0.358 e. The topological polar surface area (TPSA) is 72.6 Å². The molecule has 106 valence electrons. The minimum absolute atomic E-state index is 0.133. The van der Waals surface area contributed by atoms with E-state index in [0.29, 0.717) is 23.0 Å². The van der Waals surface area contributed by atoms with Crippen LogP contribution in [-0.2, 0) is 0 Å². The van der Waals surface area contributed by atoms with Crippen LogP contribution >= 0.6 is 15.9 Å². The fourth-order valence-electron chi connectivity index (χ4n) is 1.88. The summed E-state index contributed by atoms with van der Waals surface area (Å²) in [6, 6.07) is 5.13. The number of benzene rings is 1. The molecule has 0 aliphatic carbocycles. The van der Waals surface area contributed by atoms with Crippen molar-refractivity contribution in [1.29, 1.82) is 0 Å². The number of carboxylic acid groups (broad SMARTS) is 1. The van der Waals surface area contributed by atoms with Gasteiger partial charge in [0, 0.05) is 10.5 Å². The van der Waals surface area contributed by atoms with Crippen LogP contribution in [-0.4, -0.2) is 23.3 Å². The molecule has 0 bridgehead atoms. The lowest BCUT2D eigenvalue weighted by Crippen LogP contribution is -1.95. The number of hydrogen-bond acceptors (Lipinski definition) is 4. The highest BCUT2D eigenvalue weighted by molar-refractivity contribution is 9.10. The summed E-state index contributed by atoms with van der Waals surface area (Å²) in [5, 5.41) is 12.4. The van der Waals surface area contributed by atoms with Gasteiger partial charge in [-0.2, -0.15) is 0 Å². The van der Waals surface area contributed by atoms with Gasteiger partial charge >= 0.3 is 5.97 Å². The first-order chi connectivity index (χ1) is 9.43. The third kappa shape index (κ3) is 2.70. The Kier molecular flexibility index (Phi) is 4.13. The van der Waals surface area contributed by atoms with Gasteiger partial charge in [-0.3, -0.25) is 0 Å². The Morgan fingerprint density at radius 1 is 1.40 bits per heavy atom. The second kappa shape index (κ2) is 5.66. The number of aromatic nitrogens is 1. The summed E-state index contributed by atoms with van der Waals surface area (Å²) >= 11 is 3.51. The summed E-state index contributed by atoms with van der Waals surface area (Å²) in [4.78, 5) is 10.8. The van der Waals surface area contributed by atoms with E-state index < -0.39 is 5.97 Å². The van der Waals surface area contributed by atoms with Gasteiger partial charge in [-0.15, -0.1) is 0 Å². The second-order valence-corrected chi connectivity index (χ2v) is 5.46. The number of rotatable bonds is 4. The van der Waals surface area contributed by atoms with E-state index in [0.717, 1.165) is 10.0 Å². The van der Waals surface area contributed by atoms with Crippen molar-refractivity contribution < 1.29 is 19.2 Å². The predicted octanol–water partition coefficient (Wildman–Crippen LogP) is 3.93. The van der Waals surface area contributed by atoms with Gasteiger partial charge in [0.1, 0.15) is 5.75 Å². The van der Waals surface area contributed by atoms with Gasteiger partial charge in [-0.1, -0.05) is 34.9 Å². The molecule has 0 saturated carbocycles. The summed E-state index contributed by atoms with van der Waals surface area (Å²) in [5.74, 6) is 0.175. The summed E-state index contributed by atoms with van der Waals surface area (Å²) in [6.07, 6.45) is 0. The highest BCUT2D eigenvalue weighted by Crippen LogP contribution is 2.37. The largest absolute Gasteiger partial charge is 0.496 e. The number of carboxylic acids is 1. The van der Waals surface area contributed by atoms with E-state index in [1.807, 2.05) is 12.1 Å². The van der Waals surface area contributed by atoms with Gasteiger partial charge < -0.3 is 14.4 Å². The van der Waals surface area contributed by atoms with E-state index in [4.69, 9.17) is 14.4 Å². The summed E-state index contributed by atoms with van der Waals surface area (Å²) in [7, 11) is 1.56. The van der Waals surface area contributed by atoms with Crippen LogP contribution in [0.1, 0.15) is 35.8 Å². The standard InChI is InChI=1S/C14H14BrNO4/c1-7(2)8-5-12(19-3)9(4-10(8)15)13-6-11(14(17)18)16-20-13/h4-7H,1-3H3,(H,17,18). The number of halogens is 1. The number of aromatic carboxylic acids is 1. The van der Waals surface area contributed by atoms with E-state index >= 15 is 0 Å². The molecule has 0 amide bonds. The third-order valence-electron chi connectivity index (χ3n) is 2.94. The molecule has 0 aliphatic heterocycles. The molecule has 0 atom stereocenters. The number of methoxy groups -OCH3 is 1. The minimum Gasteiger partial charge on any atom is -0.496 e. The maximum atomic E-state index is 10.8. The van der Waals surface area contributed by atoms with E-state index in [1.165, 1.54) is 6.07 Å². The molecule has 0 saturated heterocycles. The maximum absolute atomic E-state index is 10.8. The van der Waals surface area contributed by atoms with Crippen molar-refractivity contribution >= 4 is 21.9 Å². The molecule has 0 fully saturated rings. The fraction of sp³-hybridized carbons (Fsp3) is 0.286. The van der Waals surface area contributed by atoms with Gasteiger partial charge in [0.15, 0.2) is 11.5 Å². The Morgan fingerprint density at radius 2 is 2.10 bits per heavy atom. The quantitative estimate of drug-likeness (QED) is 0.913. The van der Waals surface area contributed by atoms with Crippen LogP contribution in [0.15, 0.2) is 27.2 Å². The van der Waals surface area contributed by atoms with Gasteiger partial charge in [0.25, 0.3) is 0 Å². The number of ether oxygens (including phenoxy) is 1. The number of hydrogen-bond donors (Lipinski definition) is 1. The number of carbonyl (C=O) groups is 1. The zero-order valence-corrected chi connectivity index (χ0v) is 12.9. The molecule has 1 aromatic carbocycles. The van der Waals surface area contributed by atoms with Gasteiger partial charge in [0.05, 0.1) is 12.7 Å². The van der Waals surface area contributed by atoms with Crippen LogP contribution < -0.4 is 4.74 Å². The Labute approximate surface area is 124 Å². The first kappa shape index (κ1) is 14.6. The van der Waals surface area contributed by atoms with Crippen LogP contribution in [0.4, 0.5) is 0 Å². The normalized spacial score (nSPS) is 10.8. The van der Waals surface area contributed by atoms with E-state index in [-0.39, 0.29) is 5.69 Å². The average Bonchev–Trinajstić information content (AvgIpc) is 2.87. The van der Waals surface area contributed by atoms with Crippen molar-refractivity contribution in [2.24, 2.45) is 0 Å². The molecule has 6 heteroatoms. The molecule has 1 heterocycles. The monoisotopic (exact) mass is 339 g/mol. The van der Waals surface area contributed by atoms with E-state index in [2.05, 4.69) is 34.9 Å². The number of nitrogens with zero attached hydrogens (tertiary/aromatic N) is 1. The van der Waals surface area contributed by atoms with Crippen molar-refractivity contribution in [3.05, 3.63) is 33.9 Å². The molecular formula is C14H14BrNO4. The van der Waals surface area contributed by atoms with Crippen LogP contribution in [0.25, 0.3) is 11.3 Å². The molecule has 5 nitrogen and oxygen atoms in total. The zero-order chi connectivity index (χ0) is 14.9. The molecule has 0 aliphatic rings. The van der Waals surface area contributed by atoms with Crippen LogP contribution in [0.5, 0.6) is 5.75 Å². The SMILES string of the molecule is COc1cc(C(C)C)c(Br)cc1-c1cc(C(=O)O)no1.